The molecule has 0 amide bonds. The lowest BCUT2D eigenvalue weighted by Gasteiger charge is -2.15. The molecule has 2 aromatic carbocycles. The van der Waals surface area contributed by atoms with Crippen LogP contribution < -0.4 is 9.46 Å². The van der Waals surface area contributed by atoms with Crippen LogP contribution >= 0.6 is 11.6 Å². The largest absolute Gasteiger partial charge is 0.480 e. The molecule has 0 saturated heterocycles. The van der Waals surface area contributed by atoms with Gasteiger partial charge in [0.05, 0.1) is 9.92 Å². The van der Waals surface area contributed by atoms with Crippen molar-refractivity contribution in [3.05, 3.63) is 59.1 Å². The third kappa shape index (κ3) is 4.70. The second-order valence-electron chi connectivity index (χ2n) is 5.03. The van der Waals surface area contributed by atoms with Crippen LogP contribution in [0.1, 0.15) is 18.5 Å². The molecule has 0 saturated carbocycles. The lowest BCUT2D eigenvalue weighted by Crippen LogP contribution is -2.26. The molecule has 128 valence electrons. The van der Waals surface area contributed by atoms with Crippen LogP contribution in [-0.2, 0) is 14.8 Å². The maximum absolute atomic E-state index is 12.4. The van der Waals surface area contributed by atoms with Crippen LogP contribution in [0, 0.1) is 0 Å². The van der Waals surface area contributed by atoms with Crippen LogP contribution in [0.2, 0.25) is 5.02 Å². The van der Waals surface area contributed by atoms with Gasteiger partial charge in [0, 0.05) is 6.04 Å². The zero-order valence-corrected chi connectivity index (χ0v) is 14.3. The second kappa shape index (κ2) is 7.65. The Balaban J connectivity index is 2.17. The maximum Gasteiger partial charge on any atom is 0.341 e. The molecule has 1 unspecified atom stereocenters. The van der Waals surface area contributed by atoms with Crippen LogP contribution in [0.4, 0.5) is 0 Å². The number of benzene rings is 2. The Hall–Kier alpha value is -2.09. The zero-order chi connectivity index (χ0) is 17.7. The summed E-state index contributed by atoms with van der Waals surface area (Å²) in [6.45, 7) is 1.17. The smallest absolute Gasteiger partial charge is 0.341 e. The fourth-order valence-electron chi connectivity index (χ4n) is 2.02. The SMILES string of the molecule is CC(NS(=O)(=O)c1ccc(OCC(=O)O)c(Cl)c1)c1ccccc1. The highest BCUT2D eigenvalue weighted by atomic mass is 35.5. The molecule has 0 spiro atoms. The molecule has 2 rings (SSSR count). The fraction of sp³-hybridized carbons (Fsp3) is 0.188. The third-order valence-corrected chi connectivity index (χ3v) is 5.03. The van der Waals surface area contributed by atoms with Crippen molar-refractivity contribution in [3.8, 4) is 5.75 Å². The van der Waals surface area contributed by atoms with Gasteiger partial charge in [0.1, 0.15) is 5.75 Å². The van der Waals surface area contributed by atoms with Crippen molar-refractivity contribution in [2.75, 3.05) is 6.61 Å². The Bertz CT molecular complexity index is 824. The van der Waals surface area contributed by atoms with Gasteiger partial charge >= 0.3 is 5.97 Å². The summed E-state index contributed by atoms with van der Waals surface area (Å²) in [6.07, 6.45) is 0. The van der Waals surface area contributed by atoms with Crippen molar-refractivity contribution in [1.29, 1.82) is 0 Å². The lowest BCUT2D eigenvalue weighted by molar-refractivity contribution is -0.139. The molecule has 0 heterocycles. The summed E-state index contributed by atoms with van der Waals surface area (Å²) < 4.78 is 32.4. The van der Waals surface area contributed by atoms with E-state index in [9.17, 15) is 13.2 Å². The van der Waals surface area contributed by atoms with Gasteiger partial charge in [-0.2, -0.15) is 0 Å². The summed E-state index contributed by atoms with van der Waals surface area (Å²) in [5.74, 6) is -1.05. The minimum absolute atomic E-state index is 0.0199. The Morgan fingerprint density at radius 1 is 1.25 bits per heavy atom. The van der Waals surface area contributed by atoms with E-state index in [1.807, 2.05) is 30.3 Å². The zero-order valence-electron chi connectivity index (χ0n) is 12.8. The summed E-state index contributed by atoms with van der Waals surface area (Å²) in [5.41, 5.74) is 0.827. The van der Waals surface area contributed by atoms with E-state index < -0.39 is 28.6 Å². The predicted molar refractivity (Wildman–Crippen MR) is 89.8 cm³/mol. The standard InChI is InChI=1S/C16H16ClNO5S/c1-11(12-5-3-2-4-6-12)18-24(21,22)13-7-8-15(14(17)9-13)23-10-16(19)20/h2-9,11,18H,10H2,1H3,(H,19,20). The van der Waals surface area contributed by atoms with Gasteiger partial charge in [0.15, 0.2) is 6.61 Å². The van der Waals surface area contributed by atoms with Crippen LogP contribution in [0.15, 0.2) is 53.4 Å². The molecule has 0 aliphatic carbocycles. The van der Waals surface area contributed by atoms with E-state index in [0.29, 0.717) is 0 Å². The molecular formula is C16H16ClNO5S. The number of hydrogen-bond donors (Lipinski definition) is 2. The quantitative estimate of drug-likeness (QED) is 0.782. The molecule has 1 atom stereocenters. The minimum atomic E-state index is -3.78. The average molecular weight is 370 g/mol. The summed E-state index contributed by atoms with van der Waals surface area (Å²) >= 11 is 5.96. The van der Waals surface area contributed by atoms with E-state index in [1.54, 1.807) is 6.92 Å². The molecular weight excluding hydrogens is 354 g/mol. The molecule has 0 aliphatic rings. The molecule has 24 heavy (non-hydrogen) atoms. The molecule has 6 nitrogen and oxygen atoms in total. The van der Waals surface area contributed by atoms with Crippen LogP contribution in [0.5, 0.6) is 5.75 Å². The lowest BCUT2D eigenvalue weighted by atomic mass is 10.1. The minimum Gasteiger partial charge on any atom is -0.480 e. The van der Waals surface area contributed by atoms with Crippen molar-refractivity contribution >= 4 is 27.6 Å². The van der Waals surface area contributed by atoms with Gasteiger partial charge in [0.25, 0.3) is 0 Å². The first kappa shape index (κ1) is 18.3. The van der Waals surface area contributed by atoms with Gasteiger partial charge in [-0.15, -0.1) is 0 Å². The number of halogens is 1. The Morgan fingerprint density at radius 3 is 2.50 bits per heavy atom. The Morgan fingerprint density at radius 2 is 1.92 bits per heavy atom. The molecule has 2 N–H and O–H groups in total. The van der Waals surface area contributed by atoms with Crippen molar-refractivity contribution in [3.63, 3.8) is 0 Å². The first-order chi connectivity index (χ1) is 11.3. The highest BCUT2D eigenvalue weighted by Gasteiger charge is 2.20. The second-order valence-corrected chi connectivity index (χ2v) is 7.15. The van der Waals surface area contributed by atoms with Crippen LogP contribution in [0.25, 0.3) is 0 Å². The molecule has 0 radical (unpaired) electrons. The van der Waals surface area contributed by atoms with E-state index in [-0.39, 0.29) is 15.7 Å². The van der Waals surface area contributed by atoms with Gasteiger partial charge in [0.2, 0.25) is 10.0 Å². The number of nitrogens with one attached hydrogen (secondary N) is 1. The highest BCUT2D eigenvalue weighted by Crippen LogP contribution is 2.28. The van der Waals surface area contributed by atoms with Crippen molar-refractivity contribution in [2.45, 2.75) is 17.9 Å². The molecule has 0 aliphatic heterocycles. The number of hydrogen-bond acceptors (Lipinski definition) is 4. The van der Waals surface area contributed by atoms with Crippen molar-refractivity contribution in [2.24, 2.45) is 0 Å². The predicted octanol–water partition coefficient (Wildman–Crippen LogP) is 2.84. The molecule has 0 bridgehead atoms. The first-order valence-electron chi connectivity index (χ1n) is 7.01. The number of sulfonamides is 1. The molecule has 0 aromatic heterocycles. The van der Waals surface area contributed by atoms with Gasteiger partial charge in [-0.05, 0) is 30.7 Å². The first-order valence-corrected chi connectivity index (χ1v) is 8.87. The van der Waals surface area contributed by atoms with E-state index in [2.05, 4.69) is 4.72 Å². The van der Waals surface area contributed by atoms with E-state index in [1.165, 1.54) is 18.2 Å². The van der Waals surface area contributed by atoms with Crippen molar-refractivity contribution < 1.29 is 23.1 Å². The number of aliphatic carboxylic acids is 1. The summed E-state index contributed by atoms with van der Waals surface area (Å²) in [7, 11) is -3.78. The van der Waals surface area contributed by atoms with Crippen molar-refractivity contribution in [1.82, 2.24) is 4.72 Å². The summed E-state index contributed by atoms with van der Waals surface area (Å²) in [5, 5.41) is 8.60. The summed E-state index contributed by atoms with van der Waals surface area (Å²) in [4.78, 5) is 10.5. The number of carboxylic acid groups (broad SMARTS) is 1. The van der Waals surface area contributed by atoms with Gasteiger partial charge in [-0.1, -0.05) is 41.9 Å². The highest BCUT2D eigenvalue weighted by molar-refractivity contribution is 7.89. The van der Waals surface area contributed by atoms with Crippen LogP contribution in [0.3, 0.4) is 0 Å². The number of carboxylic acids is 1. The van der Waals surface area contributed by atoms with Gasteiger partial charge < -0.3 is 9.84 Å². The normalized spacial score (nSPS) is 12.6. The Kier molecular flexibility index (Phi) is 5.82. The molecule has 8 heteroatoms. The number of ether oxygens (including phenoxy) is 1. The third-order valence-electron chi connectivity index (χ3n) is 3.20. The van der Waals surface area contributed by atoms with Gasteiger partial charge in [-0.25, -0.2) is 17.9 Å². The van der Waals surface area contributed by atoms with Crippen LogP contribution in [-0.4, -0.2) is 26.1 Å². The van der Waals surface area contributed by atoms with E-state index >= 15 is 0 Å². The summed E-state index contributed by atoms with van der Waals surface area (Å²) in [6, 6.07) is 12.6. The van der Waals surface area contributed by atoms with E-state index in [0.717, 1.165) is 5.56 Å². The monoisotopic (exact) mass is 369 g/mol. The molecule has 0 fully saturated rings. The molecule has 2 aromatic rings. The Labute approximate surface area is 145 Å². The maximum atomic E-state index is 12.4. The number of rotatable bonds is 7. The number of carbonyl (C=O) groups is 1. The fourth-order valence-corrected chi connectivity index (χ4v) is 3.57. The van der Waals surface area contributed by atoms with E-state index in [4.69, 9.17) is 21.4 Å². The average Bonchev–Trinajstić information content (AvgIpc) is 2.54. The topological polar surface area (TPSA) is 92.7 Å². The van der Waals surface area contributed by atoms with Gasteiger partial charge in [-0.3, -0.25) is 0 Å².